The maximum Gasteiger partial charge on any atom is 0.310 e. The fourth-order valence-corrected chi connectivity index (χ4v) is 3.91. The largest absolute Gasteiger partial charge is 0.490 e. The van der Waals surface area contributed by atoms with Gasteiger partial charge in [-0.2, -0.15) is 0 Å². The summed E-state index contributed by atoms with van der Waals surface area (Å²) < 4.78 is 17.0. The lowest BCUT2D eigenvalue weighted by Crippen LogP contribution is -2.34. The molecule has 1 atom stereocenters. The summed E-state index contributed by atoms with van der Waals surface area (Å²) in [6.07, 6.45) is 2.56. The predicted octanol–water partition coefficient (Wildman–Crippen LogP) is 3.81. The predicted molar refractivity (Wildman–Crippen MR) is 109 cm³/mol. The first-order valence-electron chi connectivity index (χ1n) is 10.1. The molecule has 0 N–H and O–H groups in total. The van der Waals surface area contributed by atoms with Gasteiger partial charge in [0, 0.05) is 19.0 Å². The summed E-state index contributed by atoms with van der Waals surface area (Å²) in [6, 6.07) is 10.4. The number of benzene rings is 2. The highest BCUT2D eigenvalue weighted by Crippen LogP contribution is 2.38. The van der Waals surface area contributed by atoms with Crippen LogP contribution in [0, 0.1) is 17.0 Å². The summed E-state index contributed by atoms with van der Waals surface area (Å²) in [7, 11) is 0. The molecule has 1 saturated heterocycles. The zero-order valence-corrected chi connectivity index (χ0v) is 16.8. The van der Waals surface area contributed by atoms with Gasteiger partial charge in [0.1, 0.15) is 0 Å². The minimum atomic E-state index is -0.504. The molecule has 0 spiro atoms. The summed E-state index contributed by atoms with van der Waals surface area (Å²) in [4.78, 5) is 25.4. The van der Waals surface area contributed by atoms with E-state index in [-0.39, 0.29) is 30.0 Å². The Bertz CT molecular complexity index is 961. The van der Waals surface area contributed by atoms with E-state index in [9.17, 15) is 14.9 Å². The first-order valence-corrected chi connectivity index (χ1v) is 10.1. The van der Waals surface area contributed by atoms with Crippen molar-refractivity contribution in [2.24, 2.45) is 0 Å². The smallest absolute Gasteiger partial charge is 0.310 e. The van der Waals surface area contributed by atoms with Gasteiger partial charge in [-0.15, -0.1) is 0 Å². The molecule has 1 unspecified atom stereocenters. The first-order chi connectivity index (χ1) is 14.5. The van der Waals surface area contributed by atoms with Crippen molar-refractivity contribution in [2.45, 2.75) is 32.2 Å². The highest BCUT2D eigenvalue weighted by Gasteiger charge is 2.31. The zero-order chi connectivity index (χ0) is 21.1. The molecule has 2 aliphatic heterocycles. The van der Waals surface area contributed by atoms with Crippen molar-refractivity contribution in [3.8, 4) is 17.2 Å². The monoisotopic (exact) mass is 412 g/mol. The van der Waals surface area contributed by atoms with Gasteiger partial charge in [-0.3, -0.25) is 14.9 Å². The Hall–Kier alpha value is -3.29. The van der Waals surface area contributed by atoms with Crippen LogP contribution >= 0.6 is 0 Å². The van der Waals surface area contributed by atoms with Gasteiger partial charge in [-0.05, 0) is 49.1 Å². The summed E-state index contributed by atoms with van der Waals surface area (Å²) in [5, 5.41) is 11.2. The van der Waals surface area contributed by atoms with Crippen LogP contribution in [0.2, 0.25) is 0 Å². The number of amides is 1. The van der Waals surface area contributed by atoms with Crippen LogP contribution in [-0.4, -0.2) is 42.1 Å². The van der Waals surface area contributed by atoms with E-state index in [4.69, 9.17) is 14.2 Å². The van der Waals surface area contributed by atoms with Crippen LogP contribution in [0.1, 0.15) is 36.4 Å². The quantitative estimate of drug-likeness (QED) is 0.548. The SMILES string of the molecule is Cc1ccc([N+](=O)[O-])c(OCC(=O)N2CCCC2c2ccc3c(c2)OCCCO3)c1. The van der Waals surface area contributed by atoms with Gasteiger partial charge < -0.3 is 19.1 Å². The lowest BCUT2D eigenvalue weighted by molar-refractivity contribution is -0.385. The normalized spacial score (nSPS) is 18.0. The van der Waals surface area contributed by atoms with Crippen LogP contribution in [0.3, 0.4) is 0 Å². The number of nitrogens with zero attached hydrogens (tertiary/aromatic N) is 2. The second-order valence-corrected chi connectivity index (χ2v) is 7.52. The summed E-state index contributed by atoms with van der Waals surface area (Å²) >= 11 is 0. The molecule has 0 saturated carbocycles. The second kappa shape index (κ2) is 8.61. The third-order valence-corrected chi connectivity index (χ3v) is 5.39. The molecule has 1 fully saturated rings. The van der Waals surface area contributed by atoms with E-state index in [0.29, 0.717) is 25.5 Å². The van der Waals surface area contributed by atoms with Gasteiger partial charge in [0.25, 0.3) is 5.91 Å². The average Bonchev–Trinajstić information content (AvgIpc) is 3.10. The zero-order valence-electron chi connectivity index (χ0n) is 16.8. The van der Waals surface area contributed by atoms with E-state index in [2.05, 4.69) is 0 Å². The average molecular weight is 412 g/mol. The van der Waals surface area contributed by atoms with E-state index in [1.54, 1.807) is 17.0 Å². The third kappa shape index (κ3) is 4.17. The minimum Gasteiger partial charge on any atom is -0.490 e. The van der Waals surface area contributed by atoms with E-state index in [1.807, 2.05) is 25.1 Å². The van der Waals surface area contributed by atoms with Crippen LogP contribution in [0.15, 0.2) is 36.4 Å². The molecule has 0 radical (unpaired) electrons. The fraction of sp³-hybridized carbons (Fsp3) is 0.409. The van der Waals surface area contributed by atoms with E-state index < -0.39 is 4.92 Å². The molecule has 30 heavy (non-hydrogen) atoms. The summed E-state index contributed by atoms with van der Waals surface area (Å²) in [6.45, 7) is 3.43. The molecule has 0 aromatic heterocycles. The number of nitro groups is 1. The Kier molecular flexibility index (Phi) is 5.74. The van der Waals surface area contributed by atoms with Crippen molar-refractivity contribution in [2.75, 3.05) is 26.4 Å². The van der Waals surface area contributed by atoms with Crippen LogP contribution in [0.5, 0.6) is 17.2 Å². The number of nitro benzene ring substituents is 1. The number of fused-ring (bicyclic) bond motifs is 1. The van der Waals surface area contributed by atoms with Crippen molar-refractivity contribution in [1.82, 2.24) is 4.90 Å². The van der Waals surface area contributed by atoms with Gasteiger partial charge in [-0.1, -0.05) is 12.1 Å². The van der Waals surface area contributed by atoms with Gasteiger partial charge in [-0.25, -0.2) is 0 Å². The number of hydrogen-bond acceptors (Lipinski definition) is 6. The first kappa shape index (κ1) is 20.0. The van der Waals surface area contributed by atoms with Crippen molar-refractivity contribution in [3.63, 3.8) is 0 Å². The third-order valence-electron chi connectivity index (χ3n) is 5.39. The topological polar surface area (TPSA) is 91.1 Å². The Morgan fingerprint density at radius 2 is 1.97 bits per heavy atom. The number of carbonyl (C=O) groups excluding carboxylic acids is 1. The molecule has 2 heterocycles. The lowest BCUT2D eigenvalue weighted by atomic mass is 10.0. The highest BCUT2D eigenvalue weighted by atomic mass is 16.6. The molecule has 2 aromatic rings. The minimum absolute atomic E-state index is 0.0780. The molecule has 8 nitrogen and oxygen atoms in total. The van der Waals surface area contributed by atoms with Crippen molar-refractivity contribution in [1.29, 1.82) is 0 Å². The van der Waals surface area contributed by atoms with Gasteiger partial charge in [0.15, 0.2) is 23.9 Å². The molecule has 2 aliphatic rings. The second-order valence-electron chi connectivity index (χ2n) is 7.52. The lowest BCUT2D eigenvalue weighted by Gasteiger charge is -2.25. The van der Waals surface area contributed by atoms with Crippen molar-refractivity contribution in [3.05, 3.63) is 57.6 Å². The number of rotatable bonds is 5. The van der Waals surface area contributed by atoms with E-state index in [1.165, 1.54) is 6.07 Å². The molecule has 0 bridgehead atoms. The van der Waals surface area contributed by atoms with Gasteiger partial charge >= 0.3 is 5.69 Å². The van der Waals surface area contributed by atoms with Gasteiger partial charge in [0.05, 0.1) is 24.2 Å². The van der Waals surface area contributed by atoms with Crippen molar-refractivity contribution >= 4 is 11.6 Å². The Morgan fingerprint density at radius 3 is 2.77 bits per heavy atom. The van der Waals surface area contributed by atoms with Crippen LogP contribution in [0.4, 0.5) is 5.69 Å². The Balaban J connectivity index is 1.48. The molecule has 4 rings (SSSR count). The van der Waals surface area contributed by atoms with Crippen LogP contribution in [0.25, 0.3) is 0 Å². The molecule has 2 aromatic carbocycles. The Morgan fingerprint density at radius 1 is 1.17 bits per heavy atom. The number of ether oxygens (including phenoxy) is 3. The molecular weight excluding hydrogens is 388 g/mol. The maximum atomic E-state index is 12.9. The Labute approximate surface area is 174 Å². The number of likely N-dealkylation sites (tertiary alicyclic amines) is 1. The number of aryl methyl sites for hydroxylation is 1. The molecule has 158 valence electrons. The van der Waals surface area contributed by atoms with Crippen LogP contribution in [-0.2, 0) is 4.79 Å². The molecule has 0 aliphatic carbocycles. The fourth-order valence-electron chi connectivity index (χ4n) is 3.91. The summed E-state index contributed by atoms with van der Waals surface area (Å²) in [5.41, 5.74) is 1.68. The number of hydrogen-bond donors (Lipinski definition) is 0. The molecule has 8 heteroatoms. The van der Waals surface area contributed by atoms with Gasteiger partial charge in [0.2, 0.25) is 0 Å². The van der Waals surface area contributed by atoms with Crippen LogP contribution < -0.4 is 14.2 Å². The maximum absolute atomic E-state index is 12.9. The molecule has 1 amide bonds. The molecular formula is C22H24N2O6. The van der Waals surface area contributed by atoms with E-state index in [0.717, 1.165) is 36.1 Å². The van der Waals surface area contributed by atoms with E-state index >= 15 is 0 Å². The summed E-state index contributed by atoms with van der Waals surface area (Å²) in [5.74, 6) is 1.35. The number of carbonyl (C=O) groups is 1. The van der Waals surface area contributed by atoms with Crippen molar-refractivity contribution < 1.29 is 23.9 Å². The standard InChI is InChI=1S/C22H24N2O6/c1-15-5-7-18(24(26)27)20(12-15)30-14-22(25)23-9-2-4-17(23)16-6-8-19-21(13-16)29-11-3-10-28-19/h5-8,12-13,17H,2-4,9-11,14H2,1H3. The highest BCUT2D eigenvalue weighted by molar-refractivity contribution is 5.79.